The molecule has 184 valence electrons. The van der Waals surface area contributed by atoms with Gasteiger partial charge in [-0.3, -0.25) is 4.79 Å². The molecule has 0 N–H and O–H groups in total. The number of piperazine rings is 1. The van der Waals surface area contributed by atoms with Gasteiger partial charge in [-0.2, -0.15) is 17.0 Å². The lowest BCUT2D eigenvalue weighted by atomic mass is 10.1. The average molecular weight is 486 g/mol. The van der Waals surface area contributed by atoms with Crippen LogP contribution in [0.4, 0.5) is 0 Å². The summed E-state index contributed by atoms with van der Waals surface area (Å²) in [5, 5.41) is 0. The first-order valence-electron chi connectivity index (χ1n) is 10.7. The van der Waals surface area contributed by atoms with Crippen LogP contribution in [0.15, 0.2) is 18.2 Å². The molecule has 2 saturated heterocycles. The zero-order valence-electron chi connectivity index (χ0n) is 19.4. The summed E-state index contributed by atoms with van der Waals surface area (Å²) in [5.41, 5.74) is 0.379. The zero-order valence-corrected chi connectivity index (χ0v) is 20.2. The summed E-state index contributed by atoms with van der Waals surface area (Å²) in [6, 6.07) is 4.67. The van der Waals surface area contributed by atoms with Crippen molar-refractivity contribution in [1.82, 2.24) is 13.5 Å². The molecule has 1 aromatic rings. The highest BCUT2D eigenvalue weighted by molar-refractivity contribution is 7.86. The second kappa shape index (κ2) is 10.7. The Balaban J connectivity index is 1.62. The second-order valence-corrected chi connectivity index (χ2v) is 9.93. The van der Waals surface area contributed by atoms with Gasteiger partial charge in [-0.1, -0.05) is 0 Å². The number of rotatable bonds is 7. The number of benzene rings is 1. The summed E-state index contributed by atoms with van der Waals surface area (Å²) in [5.74, 6) is -0.157. The van der Waals surface area contributed by atoms with Crippen molar-refractivity contribution in [2.75, 3.05) is 60.1 Å². The minimum absolute atomic E-state index is 0.166. The molecule has 2 fully saturated rings. The highest BCUT2D eigenvalue weighted by atomic mass is 32.2. The largest absolute Gasteiger partial charge is 0.493 e. The standard InChI is InChI=1S/C21H31N3O8S/c1-15-12-24(13-16(2)32-15)33(27,28)23-9-7-22(8-10-23)21(26)17-5-6-18(19(11-17)29-3)31-14-20(25)30-4/h5-6,11,15-16H,7-10,12-14H2,1-4H3. The molecule has 11 nitrogen and oxygen atoms in total. The third-order valence-corrected chi connectivity index (χ3v) is 7.52. The summed E-state index contributed by atoms with van der Waals surface area (Å²) in [4.78, 5) is 25.9. The fourth-order valence-electron chi connectivity index (χ4n) is 3.90. The summed E-state index contributed by atoms with van der Waals surface area (Å²) >= 11 is 0. The summed E-state index contributed by atoms with van der Waals surface area (Å²) in [6.07, 6.45) is -0.332. The zero-order chi connectivity index (χ0) is 24.2. The van der Waals surface area contributed by atoms with Crippen molar-refractivity contribution < 1.29 is 37.0 Å². The molecule has 3 rings (SSSR count). The smallest absolute Gasteiger partial charge is 0.343 e. The van der Waals surface area contributed by atoms with Crippen molar-refractivity contribution in [1.29, 1.82) is 0 Å². The van der Waals surface area contributed by atoms with Gasteiger partial charge in [0.1, 0.15) is 0 Å². The van der Waals surface area contributed by atoms with Crippen LogP contribution in [0.3, 0.4) is 0 Å². The van der Waals surface area contributed by atoms with E-state index in [-0.39, 0.29) is 50.9 Å². The van der Waals surface area contributed by atoms with Gasteiger partial charge in [0.2, 0.25) is 0 Å². The maximum Gasteiger partial charge on any atom is 0.343 e. The number of hydrogen-bond acceptors (Lipinski definition) is 8. The van der Waals surface area contributed by atoms with E-state index in [9.17, 15) is 18.0 Å². The lowest BCUT2D eigenvalue weighted by Gasteiger charge is -2.40. The molecule has 0 radical (unpaired) electrons. The van der Waals surface area contributed by atoms with Crippen LogP contribution in [-0.2, 0) is 24.5 Å². The van der Waals surface area contributed by atoms with Gasteiger partial charge in [-0.05, 0) is 32.0 Å². The van der Waals surface area contributed by atoms with E-state index >= 15 is 0 Å². The Hall–Kier alpha value is -2.41. The van der Waals surface area contributed by atoms with Gasteiger partial charge in [-0.25, -0.2) is 4.79 Å². The Bertz CT molecular complexity index is 952. The van der Waals surface area contributed by atoms with Crippen LogP contribution >= 0.6 is 0 Å². The van der Waals surface area contributed by atoms with Gasteiger partial charge in [0.15, 0.2) is 18.1 Å². The third kappa shape index (κ3) is 5.94. The summed E-state index contributed by atoms with van der Waals surface area (Å²) < 4.78 is 49.8. The normalized spacial score (nSPS) is 22.6. The fraction of sp³-hybridized carbons (Fsp3) is 0.619. The van der Waals surface area contributed by atoms with E-state index in [2.05, 4.69) is 4.74 Å². The van der Waals surface area contributed by atoms with E-state index in [1.807, 2.05) is 13.8 Å². The van der Waals surface area contributed by atoms with Crippen LogP contribution in [0, 0.1) is 0 Å². The molecule has 2 aliphatic heterocycles. The van der Waals surface area contributed by atoms with Crippen LogP contribution in [0.25, 0.3) is 0 Å². The first kappa shape index (κ1) is 25.2. The number of hydrogen-bond donors (Lipinski definition) is 0. The summed E-state index contributed by atoms with van der Waals surface area (Å²) in [6.45, 7) is 5.04. The van der Waals surface area contributed by atoms with Gasteiger partial charge in [0, 0.05) is 44.8 Å². The van der Waals surface area contributed by atoms with E-state index in [1.54, 1.807) is 17.0 Å². The molecule has 2 atom stereocenters. The fourth-order valence-corrected chi connectivity index (χ4v) is 5.65. The van der Waals surface area contributed by atoms with Crippen molar-refractivity contribution in [3.05, 3.63) is 23.8 Å². The molecule has 2 aliphatic rings. The number of ether oxygens (including phenoxy) is 4. The van der Waals surface area contributed by atoms with Crippen LogP contribution in [0.5, 0.6) is 11.5 Å². The number of methoxy groups -OCH3 is 2. The number of carbonyl (C=O) groups is 2. The van der Waals surface area contributed by atoms with Crippen molar-refractivity contribution in [3.63, 3.8) is 0 Å². The van der Waals surface area contributed by atoms with Crippen molar-refractivity contribution in [3.8, 4) is 11.5 Å². The SMILES string of the molecule is COC(=O)COc1ccc(C(=O)N2CCN(S(=O)(=O)N3CC(C)OC(C)C3)CC2)cc1OC. The van der Waals surface area contributed by atoms with E-state index in [1.165, 1.54) is 28.9 Å². The van der Waals surface area contributed by atoms with Crippen LogP contribution in [-0.4, -0.2) is 106 Å². The molecule has 0 spiro atoms. The topological polar surface area (TPSA) is 115 Å². The predicted octanol–water partition coefficient (Wildman–Crippen LogP) is 0.359. The van der Waals surface area contributed by atoms with Crippen LogP contribution in [0.1, 0.15) is 24.2 Å². The summed E-state index contributed by atoms with van der Waals surface area (Å²) in [7, 11) is -0.925. The molecule has 33 heavy (non-hydrogen) atoms. The van der Waals surface area contributed by atoms with Gasteiger partial charge in [-0.15, -0.1) is 0 Å². The average Bonchev–Trinajstić information content (AvgIpc) is 2.81. The number of morpholine rings is 1. The second-order valence-electron chi connectivity index (χ2n) is 8.00. The number of carbonyl (C=O) groups excluding carboxylic acids is 2. The van der Waals surface area contributed by atoms with Crippen molar-refractivity contribution in [2.45, 2.75) is 26.1 Å². The Labute approximate surface area is 194 Å². The molecule has 0 saturated carbocycles. The van der Waals surface area contributed by atoms with Gasteiger partial charge < -0.3 is 23.8 Å². The molecule has 1 amide bonds. The van der Waals surface area contributed by atoms with Gasteiger partial charge in [0.05, 0.1) is 26.4 Å². The van der Waals surface area contributed by atoms with Crippen LogP contribution in [0.2, 0.25) is 0 Å². The first-order valence-corrected chi connectivity index (χ1v) is 12.1. The predicted molar refractivity (Wildman–Crippen MR) is 118 cm³/mol. The molecule has 0 aliphatic carbocycles. The number of nitrogens with zero attached hydrogens (tertiary/aromatic N) is 3. The maximum absolute atomic E-state index is 13.1. The van der Waals surface area contributed by atoms with Crippen molar-refractivity contribution >= 4 is 22.1 Å². The molecule has 0 aromatic heterocycles. The highest BCUT2D eigenvalue weighted by Gasteiger charge is 2.37. The molecule has 1 aromatic carbocycles. The quantitative estimate of drug-likeness (QED) is 0.509. The van der Waals surface area contributed by atoms with E-state index in [0.717, 1.165) is 0 Å². The molecular weight excluding hydrogens is 454 g/mol. The Morgan fingerprint density at radius 2 is 1.64 bits per heavy atom. The van der Waals surface area contributed by atoms with Crippen LogP contribution < -0.4 is 9.47 Å². The van der Waals surface area contributed by atoms with Gasteiger partial charge >= 0.3 is 5.97 Å². The van der Waals surface area contributed by atoms with E-state index in [4.69, 9.17) is 14.2 Å². The maximum atomic E-state index is 13.1. The third-order valence-electron chi connectivity index (χ3n) is 5.55. The minimum atomic E-state index is -3.62. The van der Waals surface area contributed by atoms with E-state index < -0.39 is 16.2 Å². The number of esters is 1. The monoisotopic (exact) mass is 485 g/mol. The highest BCUT2D eigenvalue weighted by Crippen LogP contribution is 2.29. The number of amides is 1. The Morgan fingerprint density at radius 3 is 2.21 bits per heavy atom. The minimum Gasteiger partial charge on any atom is -0.493 e. The Kier molecular flexibility index (Phi) is 8.16. The lowest BCUT2D eigenvalue weighted by molar-refractivity contribution is -0.142. The molecule has 2 unspecified atom stereocenters. The van der Waals surface area contributed by atoms with E-state index in [0.29, 0.717) is 30.2 Å². The Morgan fingerprint density at radius 1 is 1.00 bits per heavy atom. The van der Waals surface area contributed by atoms with Crippen molar-refractivity contribution in [2.24, 2.45) is 0 Å². The van der Waals surface area contributed by atoms with Gasteiger partial charge in [0.25, 0.3) is 16.1 Å². The first-order chi connectivity index (χ1) is 15.6. The molecule has 12 heteroatoms. The molecule has 2 heterocycles. The molecule has 0 bridgehead atoms. The molecular formula is C21H31N3O8S. The lowest BCUT2D eigenvalue weighted by Crippen LogP contribution is -2.57.